The van der Waals surface area contributed by atoms with Crippen molar-refractivity contribution < 1.29 is 24.5 Å². The van der Waals surface area contributed by atoms with Crippen LogP contribution in [0.2, 0.25) is 0 Å². The first-order chi connectivity index (χ1) is 39.0. The minimum Gasteiger partial charge on any atom is -0.466 e. The van der Waals surface area contributed by atoms with Crippen molar-refractivity contribution in [3.8, 4) is 0 Å². The molecule has 2 unspecified atom stereocenters. The lowest BCUT2D eigenvalue weighted by atomic mass is 10.0. The molecule has 6 heteroatoms. The summed E-state index contributed by atoms with van der Waals surface area (Å²) in [4.78, 5) is 24.7. The number of unbranched alkanes of at least 4 members (excludes halogenated alkanes) is 58. The SMILES string of the molecule is CCCCCCCCCCCCCCCCCCCCCCCCC/C=C/C(O)C(CO)NC(=O)CCCCCCCCCCCCCCCCCCCCOC(=O)CCCCCCCCCCCCCCCCCCCCC. The van der Waals surface area contributed by atoms with Crippen molar-refractivity contribution >= 4 is 11.9 Å². The van der Waals surface area contributed by atoms with Gasteiger partial charge in [-0.3, -0.25) is 9.59 Å². The highest BCUT2D eigenvalue weighted by molar-refractivity contribution is 5.76. The van der Waals surface area contributed by atoms with Crippen molar-refractivity contribution in [2.75, 3.05) is 13.2 Å². The summed E-state index contributed by atoms with van der Waals surface area (Å²) in [7, 11) is 0. The van der Waals surface area contributed by atoms with E-state index in [4.69, 9.17) is 4.74 Å². The number of rotatable bonds is 69. The van der Waals surface area contributed by atoms with Crippen LogP contribution in [-0.4, -0.2) is 47.4 Å². The van der Waals surface area contributed by atoms with Crippen molar-refractivity contribution in [2.24, 2.45) is 0 Å². The lowest BCUT2D eigenvalue weighted by Crippen LogP contribution is -2.45. The van der Waals surface area contributed by atoms with Crippen LogP contribution in [0.5, 0.6) is 0 Å². The third-order valence-corrected chi connectivity index (χ3v) is 17.3. The number of carbonyl (C=O) groups excluding carboxylic acids is 2. The maximum absolute atomic E-state index is 12.5. The van der Waals surface area contributed by atoms with Gasteiger partial charge in [-0.2, -0.15) is 0 Å². The summed E-state index contributed by atoms with van der Waals surface area (Å²) in [5.41, 5.74) is 0. The van der Waals surface area contributed by atoms with E-state index < -0.39 is 12.1 Å². The second-order valence-corrected chi connectivity index (χ2v) is 25.3. The fraction of sp³-hybridized carbons (Fsp3) is 0.945. The molecule has 0 aliphatic heterocycles. The van der Waals surface area contributed by atoms with E-state index in [9.17, 15) is 19.8 Å². The molecule has 2 atom stereocenters. The highest BCUT2D eigenvalue weighted by Crippen LogP contribution is 2.19. The summed E-state index contributed by atoms with van der Waals surface area (Å²) in [5.74, 6) is -0.0536. The summed E-state index contributed by atoms with van der Waals surface area (Å²) >= 11 is 0. The number of hydrogen-bond donors (Lipinski definition) is 3. The van der Waals surface area contributed by atoms with Crippen LogP contribution in [0.1, 0.15) is 418 Å². The van der Waals surface area contributed by atoms with E-state index in [0.29, 0.717) is 19.4 Å². The van der Waals surface area contributed by atoms with Crippen molar-refractivity contribution in [3.63, 3.8) is 0 Å². The monoisotopic (exact) mass is 1110 g/mol. The predicted molar refractivity (Wildman–Crippen MR) is 347 cm³/mol. The lowest BCUT2D eigenvalue weighted by Gasteiger charge is -2.20. The molecule has 0 fully saturated rings. The number of esters is 1. The van der Waals surface area contributed by atoms with Crippen LogP contribution < -0.4 is 5.32 Å². The predicted octanol–water partition coefficient (Wildman–Crippen LogP) is 23.5. The van der Waals surface area contributed by atoms with E-state index >= 15 is 0 Å². The maximum atomic E-state index is 12.5. The Morgan fingerprint density at radius 1 is 0.342 bits per heavy atom. The summed E-state index contributed by atoms with van der Waals surface area (Å²) in [5, 5.41) is 23.3. The molecule has 470 valence electrons. The molecule has 0 spiro atoms. The quantitative estimate of drug-likeness (QED) is 0.0320. The van der Waals surface area contributed by atoms with Gasteiger partial charge in [0.25, 0.3) is 0 Å². The molecule has 79 heavy (non-hydrogen) atoms. The number of nitrogens with one attached hydrogen (secondary N) is 1. The van der Waals surface area contributed by atoms with Crippen LogP contribution in [0.15, 0.2) is 12.2 Å². The molecule has 0 aliphatic carbocycles. The van der Waals surface area contributed by atoms with Gasteiger partial charge >= 0.3 is 5.97 Å². The smallest absolute Gasteiger partial charge is 0.305 e. The number of amides is 1. The van der Waals surface area contributed by atoms with Crippen molar-refractivity contribution in [3.05, 3.63) is 12.2 Å². The topological polar surface area (TPSA) is 95.9 Å². The van der Waals surface area contributed by atoms with Gasteiger partial charge in [-0.1, -0.05) is 386 Å². The van der Waals surface area contributed by atoms with Gasteiger partial charge < -0.3 is 20.3 Å². The van der Waals surface area contributed by atoms with E-state index in [2.05, 4.69) is 19.2 Å². The summed E-state index contributed by atoms with van der Waals surface area (Å²) < 4.78 is 5.51. The number of ether oxygens (including phenoxy) is 1. The fourth-order valence-corrected chi connectivity index (χ4v) is 11.8. The average molecular weight is 1110 g/mol. The molecular weight excluding hydrogens is 971 g/mol. The summed E-state index contributed by atoms with van der Waals surface area (Å²) in [6.45, 7) is 4.95. The number of hydrogen-bond acceptors (Lipinski definition) is 5. The molecule has 0 aromatic rings. The van der Waals surface area contributed by atoms with Crippen LogP contribution in [0, 0.1) is 0 Å². The first kappa shape index (κ1) is 77.6. The average Bonchev–Trinajstić information content (AvgIpc) is 3.45. The molecule has 0 aromatic carbocycles. The summed E-state index contributed by atoms with van der Waals surface area (Å²) in [6, 6.07) is -0.632. The molecular formula is C73H143NO5. The number of aliphatic hydroxyl groups excluding tert-OH is 2. The molecule has 0 bridgehead atoms. The van der Waals surface area contributed by atoms with Gasteiger partial charge in [0.05, 0.1) is 25.4 Å². The molecule has 0 radical (unpaired) electrons. The molecule has 6 nitrogen and oxygen atoms in total. The van der Waals surface area contributed by atoms with Crippen molar-refractivity contribution in [2.45, 2.75) is 431 Å². The van der Waals surface area contributed by atoms with Gasteiger partial charge in [0.15, 0.2) is 0 Å². The molecule has 0 saturated carbocycles. The molecule has 0 saturated heterocycles. The van der Waals surface area contributed by atoms with Crippen LogP contribution in [0.4, 0.5) is 0 Å². The first-order valence-corrected chi connectivity index (χ1v) is 36.5. The largest absolute Gasteiger partial charge is 0.466 e. The van der Waals surface area contributed by atoms with E-state index in [-0.39, 0.29) is 18.5 Å². The van der Waals surface area contributed by atoms with Gasteiger partial charge in [-0.25, -0.2) is 0 Å². The Morgan fingerprint density at radius 3 is 0.861 bits per heavy atom. The van der Waals surface area contributed by atoms with Crippen LogP contribution in [-0.2, 0) is 14.3 Å². The summed E-state index contributed by atoms with van der Waals surface area (Å²) in [6.07, 6.45) is 85.8. The van der Waals surface area contributed by atoms with Crippen molar-refractivity contribution in [1.29, 1.82) is 0 Å². The van der Waals surface area contributed by atoms with E-state index in [0.717, 1.165) is 38.5 Å². The zero-order valence-electron chi connectivity index (χ0n) is 53.9. The van der Waals surface area contributed by atoms with Gasteiger partial charge in [0.1, 0.15) is 0 Å². The standard InChI is InChI=1S/C73H143NO5/c1-3-5-7-9-11-13-15-17-19-21-23-24-25-26-27-28-30-33-37-41-45-49-53-57-61-65-71(76)70(69-75)74-72(77)66-62-58-54-50-46-42-38-34-31-32-36-40-44-48-52-56-60-64-68-79-73(78)67-63-59-55-51-47-43-39-35-29-22-20-18-16-14-12-10-8-6-4-2/h61,65,70-71,75-76H,3-60,62-64,66-69H2,1-2H3,(H,74,77)/b65-61+. The van der Waals surface area contributed by atoms with E-state index in [1.165, 1.54) is 353 Å². The fourth-order valence-electron chi connectivity index (χ4n) is 11.8. The molecule has 1 amide bonds. The Labute approximate surface area is 495 Å². The molecule has 0 rings (SSSR count). The lowest BCUT2D eigenvalue weighted by molar-refractivity contribution is -0.143. The van der Waals surface area contributed by atoms with Gasteiger partial charge in [0, 0.05) is 12.8 Å². The minimum absolute atomic E-state index is 0.0128. The Balaban J connectivity index is 3.40. The normalized spacial score (nSPS) is 12.5. The third-order valence-electron chi connectivity index (χ3n) is 17.3. The number of aliphatic hydroxyl groups is 2. The van der Waals surface area contributed by atoms with E-state index in [1.54, 1.807) is 6.08 Å². The second kappa shape index (κ2) is 69.1. The Morgan fingerprint density at radius 2 is 0.582 bits per heavy atom. The van der Waals surface area contributed by atoms with Crippen LogP contribution in [0.3, 0.4) is 0 Å². The Hall–Kier alpha value is -1.40. The maximum Gasteiger partial charge on any atom is 0.305 e. The Bertz CT molecular complexity index is 1190. The molecule has 0 aliphatic rings. The highest BCUT2D eigenvalue weighted by Gasteiger charge is 2.18. The van der Waals surface area contributed by atoms with Crippen LogP contribution in [0.25, 0.3) is 0 Å². The van der Waals surface area contributed by atoms with E-state index in [1.807, 2.05) is 6.08 Å². The second-order valence-electron chi connectivity index (χ2n) is 25.3. The van der Waals surface area contributed by atoms with Crippen LogP contribution >= 0.6 is 0 Å². The minimum atomic E-state index is -0.848. The Kier molecular flexibility index (Phi) is 67.9. The number of allylic oxidation sites excluding steroid dienone is 1. The first-order valence-electron chi connectivity index (χ1n) is 36.5. The zero-order valence-corrected chi connectivity index (χ0v) is 53.9. The third kappa shape index (κ3) is 65.6. The van der Waals surface area contributed by atoms with Gasteiger partial charge in [-0.05, 0) is 32.1 Å². The molecule has 0 heterocycles. The molecule has 0 aromatic heterocycles. The zero-order chi connectivity index (χ0) is 57.1. The highest BCUT2D eigenvalue weighted by atomic mass is 16.5. The van der Waals surface area contributed by atoms with Crippen molar-refractivity contribution in [1.82, 2.24) is 5.32 Å². The molecule has 3 N–H and O–H groups in total. The van der Waals surface area contributed by atoms with Gasteiger partial charge in [-0.15, -0.1) is 0 Å². The number of carbonyl (C=O) groups is 2. The van der Waals surface area contributed by atoms with Gasteiger partial charge in [0.2, 0.25) is 5.91 Å².